The maximum Gasteiger partial charge on any atom is 0.347 e. The minimum atomic E-state index is -0.893. The van der Waals surface area contributed by atoms with Gasteiger partial charge in [-0.3, -0.25) is 9.59 Å². The van der Waals surface area contributed by atoms with Crippen molar-refractivity contribution in [1.29, 1.82) is 0 Å². The maximum atomic E-state index is 12.0. The highest BCUT2D eigenvalue weighted by Crippen LogP contribution is 2.17. The van der Waals surface area contributed by atoms with E-state index in [1.807, 2.05) is 6.92 Å². The third-order valence-corrected chi connectivity index (χ3v) is 3.80. The normalized spacial score (nSPS) is 11.2. The fourth-order valence-corrected chi connectivity index (χ4v) is 2.34. The van der Waals surface area contributed by atoms with Gasteiger partial charge in [0.2, 0.25) is 0 Å². The summed E-state index contributed by atoms with van der Waals surface area (Å²) in [5, 5.41) is 5.80. The van der Waals surface area contributed by atoms with E-state index in [1.54, 1.807) is 42.5 Å². The van der Waals surface area contributed by atoms with Crippen LogP contribution in [0.2, 0.25) is 5.02 Å². The summed E-state index contributed by atoms with van der Waals surface area (Å²) >= 11 is 5.79. The monoisotopic (exact) mass is 404 g/mol. The van der Waals surface area contributed by atoms with Gasteiger partial charge in [-0.05, 0) is 56.3 Å². The molecule has 0 bridgehead atoms. The van der Waals surface area contributed by atoms with Gasteiger partial charge in [-0.2, -0.15) is 0 Å². The molecule has 8 heteroatoms. The Morgan fingerprint density at radius 1 is 1.11 bits per heavy atom. The number of anilines is 1. The second-order valence-corrected chi connectivity index (χ2v) is 6.25. The number of hydrogen-bond donors (Lipinski definition) is 2. The molecule has 2 amide bonds. The molecular weight excluding hydrogens is 384 g/mol. The number of amides is 2. The molecule has 2 aromatic carbocycles. The maximum absolute atomic E-state index is 12.0. The van der Waals surface area contributed by atoms with Crippen molar-refractivity contribution in [2.75, 3.05) is 18.5 Å². The van der Waals surface area contributed by atoms with Crippen molar-refractivity contribution in [3.8, 4) is 5.75 Å². The van der Waals surface area contributed by atoms with Gasteiger partial charge in [0.15, 0.2) is 12.7 Å². The van der Waals surface area contributed by atoms with Gasteiger partial charge < -0.3 is 20.1 Å². The van der Waals surface area contributed by atoms with Crippen molar-refractivity contribution >= 4 is 35.1 Å². The summed E-state index contributed by atoms with van der Waals surface area (Å²) in [5.74, 6) is -0.986. The molecular formula is C20H21ClN2O5. The first-order valence-electron chi connectivity index (χ1n) is 8.66. The van der Waals surface area contributed by atoms with Crippen molar-refractivity contribution < 1.29 is 23.9 Å². The van der Waals surface area contributed by atoms with E-state index >= 15 is 0 Å². The zero-order valence-corrected chi connectivity index (χ0v) is 16.3. The first kappa shape index (κ1) is 21.2. The smallest absolute Gasteiger partial charge is 0.347 e. The molecule has 28 heavy (non-hydrogen) atoms. The SMILES string of the molecule is CCNC(=O)c1cccc(NC(=O)COC(=O)[C@@H](C)Oc2ccc(Cl)cc2)c1. The average molecular weight is 405 g/mol. The number of carbonyl (C=O) groups excluding carboxylic acids is 3. The van der Waals surface area contributed by atoms with Crippen LogP contribution in [0.5, 0.6) is 5.75 Å². The second kappa shape index (κ2) is 10.3. The van der Waals surface area contributed by atoms with Gasteiger partial charge in [0.1, 0.15) is 5.75 Å². The molecule has 7 nitrogen and oxygen atoms in total. The van der Waals surface area contributed by atoms with Crippen LogP contribution in [0.4, 0.5) is 5.69 Å². The van der Waals surface area contributed by atoms with Crippen LogP contribution in [0, 0.1) is 0 Å². The van der Waals surface area contributed by atoms with Crippen molar-refractivity contribution in [3.63, 3.8) is 0 Å². The fourth-order valence-electron chi connectivity index (χ4n) is 2.22. The molecule has 2 aromatic rings. The Morgan fingerprint density at radius 3 is 2.50 bits per heavy atom. The molecule has 2 N–H and O–H groups in total. The van der Waals surface area contributed by atoms with Crippen LogP contribution < -0.4 is 15.4 Å². The van der Waals surface area contributed by atoms with E-state index in [0.29, 0.717) is 28.6 Å². The van der Waals surface area contributed by atoms with Crippen LogP contribution >= 0.6 is 11.6 Å². The number of nitrogens with one attached hydrogen (secondary N) is 2. The Hall–Kier alpha value is -3.06. The van der Waals surface area contributed by atoms with E-state index in [9.17, 15) is 14.4 Å². The molecule has 0 fully saturated rings. The van der Waals surface area contributed by atoms with Crippen LogP contribution in [0.15, 0.2) is 48.5 Å². The minimum absolute atomic E-state index is 0.238. The fraction of sp³-hybridized carbons (Fsp3) is 0.250. The van der Waals surface area contributed by atoms with Gasteiger partial charge >= 0.3 is 5.97 Å². The Bertz CT molecular complexity index is 839. The predicted molar refractivity (Wildman–Crippen MR) is 106 cm³/mol. The summed E-state index contributed by atoms with van der Waals surface area (Å²) in [5.41, 5.74) is 0.844. The van der Waals surface area contributed by atoms with Crippen LogP contribution in [0.1, 0.15) is 24.2 Å². The molecule has 0 aromatic heterocycles. The van der Waals surface area contributed by atoms with Crippen LogP contribution in [-0.2, 0) is 14.3 Å². The largest absolute Gasteiger partial charge is 0.479 e. The van der Waals surface area contributed by atoms with Crippen molar-refractivity contribution in [2.24, 2.45) is 0 Å². The average Bonchev–Trinajstić information content (AvgIpc) is 2.68. The molecule has 0 aliphatic carbocycles. The van der Waals surface area contributed by atoms with Gasteiger partial charge in [0.25, 0.3) is 11.8 Å². The summed E-state index contributed by atoms with van der Waals surface area (Å²) in [6.45, 7) is 3.36. The van der Waals surface area contributed by atoms with E-state index in [4.69, 9.17) is 21.1 Å². The molecule has 2 rings (SSSR count). The molecule has 0 spiro atoms. The van der Waals surface area contributed by atoms with Gasteiger partial charge in [-0.15, -0.1) is 0 Å². The topological polar surface area (TPSA) is 93.7 Å². The van der Waals surface area contributed by atoms with Crippen molar-refractivity contribution in [1.82, 2.24) is 5.32 Å². The highest BCUT2D eigenvalue weighted by molar-refractivity contribution is 6.30. The van der Waals surface area contributed by atoms with E-state index in [-0.39, 0.29) is 5.91 Å². The molecule has 0 unspecified atom stereocenters. The molecule has 0 aliphatic heterocycles. The van der Waals surface area contributed by atoms with Gasteiger partial charge in [0.05, 0.1) is 0 Å². The standard InChI is InChI=1S/C20H21ClN2O5/c1-3-22-19(25)14-5-4-6-16(11-14)23-18(24)12-27-20(26)13(2)28-17-9-7-15(21)8-10-17/h4-11,13H,3,12H2,1-2H3,(H,22,25)(H,23,24)/t13-/m1/s1. The summed E-state index contributed by atoms with van der Waals surface area (Å²) in [4.78, 5) is 35.8. The van der Waals surface area contributed by atoms with E-state index in [0.717, 1.165) is 0 Å². The minimum Gasteiger partial charge on any atom is -0.479 e. The molecule has 0 saturated carbocycles. The summed E-state index contributed by atoms with van der Waals surface area (Å²) < 4.78 is 10.4. The second-order valence-electron chi connectivity index (χ2n) is 5.81. The number of ether oxygens (including phenoxy) is 2. The highest BCUT2D eigenvalue weighted by Gasteiger charge is 2.18. The molecule has 1 atom stereocenters. The Kier molecular flexibility index (Phi) is 7.83. The van der Waals surface area contributed by atoms with Crippen molar-refractivity contribution in [3.05, 3.63) is 59.1 Å². The molecule has 0 radical (unpaired) electrons. The number of rotatable bonds is 8. The lowest BCUT2D eigenvalue weighted by Gasteiger charge is -2.14. The zero-order valence-electron chi connectivity index (χ0n) is 15.5. The third-order valence-electron chi connectivity index (χ3n) is 3.55. The Labute approximate surface area is 168 Å². The van der Waals surface area contributed by atoms with E-state index in [2.05, 4.69) is 10.6 Å². The first-order valence-corrected chi connectivity index (χ1v) is 9.03. The number of esters is 1. The molecule has 0 heterocycles. The first-order chi connectivity index (χ1) is 13.4. The van der Waals surface area contributed by atoms with Crippen LogP contribution in [0.25, 0.3) is 0 Å². The lowest BCUT2D eigenvalue weighted by molar-refractivity contribution is -0.153. The van der Waals surface area contributed by atoms with E-state index in [1.165, 1.54) is 13.0 Å². The van der Waals surface area contributed by atoms with Crippen LogP contribution in [0.3, 0.4) is 0 Å². The number of halogens is 1. The van der Waals surface area contributed by atoms with Crippen molar-refractivity contribution in [2.45, 2.75) is 20.0 Å². The number of benzene rings is 2. The summed E-state index contributed by atoms with van der Waals surface area (Å²) in [6, 6.07) is 13.0. The highest BCUT2D eigenvalue weighted by atomic mass is 35.5. The summed E-state index contributed by atoms with van der Waals surface area (Å²) in [6.07, 6.45) is -0.893. The van der Waals surface area contributed by atoms with Gasteiger partial charge in [-0.25, -0.2) is 4.79 Å². The lowest BCUT2D eigenvalue weighted by Crippen LogP contribution is -2.29. The number of carbonyl (C=O) groups is 3. The summed E-state index contributed by atoms with van der Waals surface area (Å²) in [7, 11) is 0. The van der Waals surface area contributed by atoms with E-state index < -0.39 is 24.6 Å². The van der Waals surface area contributed by atoms with Gasteiger partial charge in [0, 0.05) is 22.8 Å². The molecule has 148 valence electrons. The van der Waals surface area contributed by atoms with Crippen LogP contribution in [-0.4, -0.2) is 37.0 Å². The lowest BCUT2D eigenvalue weighted by atomic mass is 10.2. The Balaban J connectivity index is 1.83. The number of hydrogen-bond acceptors (Lipinski definition) is 5. The Morgan fingerprint density at radius 2 is 1.82 bits per heavy atom. The quantitative estimate of drug-likeness (QED) is 0.659. The third kappa shape index (κ3) is 6.59. The molecule has 0 aliphatic rings. The predicted octanol–water partition coefficient (Wildman–Crippen LogP) is 3.04. The zero-order chi connectivity index (χ0) is 20.5. The molecule has 0 saturated heterocycles. The van der Waals surface area contributed by atoms with Gasteiger partial charge in [-0.1, -0.05) is 17.7 Å².